The van der Waals surface area contributed by atoms with E-state index in [0.29, 0.717) is 6.61 Å². The molecule has 0 radical (unpaired) electrons. The first-order valence-electron chi connectivity index (χ1n) is 10.2. The lowest BCUT2D eigenvalue weighted by molar-refractivity contribution is -0.209. The predicted molar refractivity (Wildman–Crippen MR) is 103 cm³/mol. The number of esters is 1. The molecule has 29 heavy (non-hydrogen) atoms. The zero-order chi connectivity index (χ0) is 20.8. The Balaban J connectivity index is 1.62. The molecule has 0 saturated carbocycles. The monoisotopic (exact) mass is 406 g/mol. The molecule has 3 saturated heterocycles. The van der Waals surface area contributed by atoms with Gasteiger partial charge in [0, 0.05) is 12.8 Å². The molecule has 0 spiro atoms. The van der Waals surface area contributed by atoms with Crippen molar-refractivity contribution in [2.24, 2.45) is 0 Å². The van der Waals surface area contributed by atoms with E-state index in [-0.39, 0.29) is 49.0 Å². The number of hydrogen-bond acceptors (Lipinski definition) is 7. The van der Waals surface area contributed by atoms with Gasteiger partial charge in [-0.2, -0.15) is 0 Å². The summed E-state index contributed by atoms with van der Waals surface area (Å²) in [6, 6.07) is 9.91. The fourth-order valence-electron chi connectivity index (χ4n) is 4.45. The number of rotatable bonds is 5. The Bertz CT molecular complexity index is 732. The summed E-state index contributed by atoms with van der Waals surface area (Å²) in [5.74, 6) is -1.90. The lowest BCUT2D eigenvalue weighted by atomic mass is 9.90. The number of carbonyl (C=O) groups is 1. The van der Waals surface area contributed by atoms with E-state index in [4.69, 9.17) is 28.4 Å². The topological polar surface area (TPSA) is 72.5 Å². The van der Waals surface area contributed by atoms with E-state index in [2.05, 4.69) is 0 Å². The van der Waals surface area contributed by atoms with Crippen LogP contribution in [0.3, 0.4) is 0 Å². The van der Waals surface area contributed by atoms with Crippen molar-refractivity contribution in [2.75, 3.05) is 13.2 Å². The number of hydrogen-bond donors (Lipinski definition) is 0. The Morgan fingerprint density at radius 2 is 1.72 bits per heavy atom. The fourth-order valence-corrected chi connectivity index (χ4v) is 4.45. The molecule has 0 bridgehead atoms. The average Bonchev–Trinajstić information content (AvgIpc) is 3.26. The highest BCUT2D eigenvalue weighted by Gasteiger charge is 2.60. The summed E-state index contributed by atoms with van der Waals surface area (Å²) < 4.78 is 36.2. The summed E-state index contributed by atoms with van der Waals surface area (Å²) in [6.45, 7) is 9.63. The largest absolute Gasteiger partial charge is 0.465 e. The van der Waals surface area contributed by atoms with Crippen molar-refractivity contribution in [3.8, 4) is 0 Å². The zero-order valence-corrected chi connectivity index (χ0v) is 17.6. The zero-order valence-electron chi connectivity index (χ0n) is 17.6. The van der Waals surface area contributed by atoms with Crippen molar-refractivity contribution in [3.05, 3.63) is 35.9 Å². The molecule has 0 amide bonds. The van der Waals surface area contributed by atoms with Crippen LogP contribution in [0.15, 0.2) is 30.3 Å². The third-order valence-corrected chi connectivity index (χ3v) is 5.61. The Hall–Kier alpha value is -1.51. The van der Waals surface area contributed by atoms with Crippen LogP contribution in [-0.2, 0) is 33.2 Å². The minimum absolute atomic E-state index is 0.189. The van der Waals surface area contributed by atoms with Gasteiger partial charge in [0.25, 0.3) is 0 Å². The summed E-state index contributed by atoms with van der Waals surface area (Å²) in [4.78, 5) is 11.5. The van der Waals surface area contributed by atoms with E-state index in [1.165, 1.54) is 6.92 Å². The quantitative estimate of drug-likeness (QED) is 0.696. The van der Waals surface area contributed by atoms with Gasteiger partial charge in [-0.15, -0.1) is 0 Å². The van der Waals surface area contributed by atoms with Gasteiger partial charge in [-0.25, -0.2) is 0 Å². The highest BCUT2D eigenvalue weighted by Crippen LogP contribution is 2.45. The first-order valence-corrected chi connectivity index (χ1v) is 10.2. The Morgan fingerprint density at radius 1 is 1.03 bits per heavy atom. The molecule has 4 rings (SSSR count). The summed E-state index contributed by atoms with van der Waals surface area (Å²) >= 11 is 0. The summed E-state index contributed by atoms with van der Waals surface area (Å²) in [6.07, 6.45) is -1.54. The van der Waals surface area contributed by atoms with Gasteiger partial charge in [-0.1, -0.05) is 30.3 Å². The number of fused-ring (bicyclic) bond motifs is 1. The smallest absolute Gasteiger partial charge is 0.302 e. The molecule has 3 aliphatic heterocycles. The van der Waals surface area contributed by atoms with E-state index < -0.39 is 11.6 Å². The van der Waals surface area contributed by atoms with Crippen LogP contribution in [-0.4, -0.2) is 61.3 Å². The molecule has 3 fully saturated rings. The second-order valence-electron chi connectivity index (χ2n) is 8.82. The second kappa shape index (κ2) is 7.63. The van der Waals surface area contributed by atoms with Crippen molar-refractivity contribution in [2.45, 2.75) is 82.6 Å². The first-order chi connectivity index (χ1) is 13.7. The van der Waals surface area contributed by atoms with Crippen molar-refractivity contribution in [3.63, 3.8) is 0 Å². The van der Waals surface area contributed by atoms with Crippen molar-refractivity contribution >= 4 is 5.97 Å². The average molecular weight is 406 g/mol. The number of ether oxygens (including phenoxy) is 6. The van der Waals surface area contributed by atoms with Crippen molar-refractivity contribution in [1.29, 1.82) is 0 Å². The molecular weight excluding hydrogens is 376 g/mol. The van der Waals surface area contributed by atoms with Gasteiger partial charge in [0.2, 0.25) is 0 Å². The Morgan fingerprint density at radius 3 is 2.34 bits per heavy atom. The highest BCUT2D eigenvalue weighted by atomic mass is 16.8. The summed E-state index contributed by atoms with van der Waals surface area (Å²) in [5, 5.41) is 0. The maximum atomic E-state index is 11.5. The van der Waals surface area contributed by atoms with E-state index in [9.17, 15) is 4.79 Å². The number of benzene rings is 1. The molecule has 160 valence electrons. The van der Waals surface area contributed by atoms with Crippen LogP contribution in [0.4, 0.5) is 0 Å². The van der Waals surface area contributed by atoms with Crippen LogP contribution in [0, 0.1) is 0 Å². The molecule has 0 unspecified atom stereocenters. The predicted octanol–water partition coefficient (Wildman–Crippen LogP) is 2.77. The van der Waals surface area contributed by atoms with Crippen LogP contribution in [0.25, 0.3) is 0 Å². The second-order valence-corrected chi connectivity index (χ2v) is 8.82. The third kappa shape index (κ3) is 4.34. The summed E-state index contributed by atoms with van der Waals surface area (Å²) in [5.41, 5.74) is 1.02. The van der Waals surface area contributed by atoms with Gasteiger partial charge in [-0.05, 0) is 33.3 Å². The van der Waals surface area contributed by atoms with Crippen molar-refractivity contribution < 1.29 is 33.2 Å². The molecule has 7 nitrogen and oxygen atoms in total. The van der Waals surface area contributed by atoms with Crippen LogP contribution < -0.4 is 0 Å². The lowest BCUT2D eigenvalue weighted by Crippen LogP contribution is -2.40. The van der Waals surface area contributed by atoms with Gasteiger partial charge in [-0.3, -0.25) is 4.79 Å². The van der Waals surface area contributed by atoms with E-state index in [0.717, 1.165) is 5.56 Å². The van der Waals surface area contributed by atoms with Gasteiger partial charge >= 0.3 is 5.97 Å². The summed E-state index contributed by atoms with van der Waals surface area (Å²) in [7, 11) is 0. The maximum absolute atomic E-state index is 11.5. The molecule has 3 heterocycles. The Labute approximate surface area is 171 Å². The molecule has 7 heteroatoms. The molecule has 1 aromatic carbocycles. The van der Waals surface area contributed by atoms with Crippen LogP contribution in [0.5, 0.6) is 0 Å². The molecule has 0 aromatic heterocycles. The van der Waals surface area contributed by atoms with Crippen LogP contribution >= 0.6 is 0 Å². The lowest BCUT2D eigenvalue weighted by Gasteiger charge is -2.30. The molecular formula is C22H30O7. The molecule has 6 atom stereocenters. The van der Waals surface area contributed by atoms with Gasteiger partial charge < -0.3 is 28.4 Å². The third-order valence-electron chi connectivity index (χ3n) is 5.61. The fraction of sp³-hybridized carbons (Fsp3) is 0.682. The first kappa shape index (κ1) is 20.8. The van der Waals surface area contributed by atoms with Gasteiger partial charge in [0.15, 0.2) is 11.6 Å². The highest BCUT2D eigenvalue weighted by molar-refractivity contribution is 5.66. The number of carbonyl (C=O) groups excluding carboxylic acids is 1. The van der Waals surface area contributed by atoms with Gasteiger partial charge in [0.05, 0.1) is 12.7 Å². The molecule has 0 N–H and O–H groups in total. The normalized spacial score (nSPS) is 36.0. The Kier molecular flexibility index (Phi) is 5.46. The standard InChI is InChI=1S/C22H30O7/c1-13(23)24-11-15(14-9-7-6-8-10-14)17-19-20(29-22(4,5)28-19)18(26-17)16-12-25-21(2,3)27-16/h6-10,15-20H,11-12H2,1-5H3/t15-,16+,17+,18-,19-,20+/m0/s1. The van der Waals surface area contributed by atoms with Crippen LogP contribution in [0.1, 0.15) is 46.1 Å². The van der Waals surface area contributed by atoms with Crippen LogP contribution in [0.2, 0.25) is 0 Å². The molecule has 1 aromatic rings. The minimum Gasteiger partial charge on any atom is -0.465 e. The van der Waals surface area contributed by atoms with Gasteiger partial charge in [0.1, 0.15) is 31.0 Å². The van der Waals surface area contributed by atoms with Crippen molar-refractivity contribution in [1.82, 2.24) is 0 Å². The maximum Gasteiger partial charge on any atom is 0.302 e. The van der Waals surface area contributed by atoms with E-state index >= 15 is 0 Å². The van der Waals surface area contributed by atoms with E-state index in [1.807, 2.05) is 58.0 Å². The molecule has 3 aliphatic rings. The SMILES string of the molecule is CC(=O)OC[C@@H](c1ccccc1)[C@H]1O[C@@H]([C@H]2COC(C)(C)O2)[C@H]2OC(C)(C)O[C@H]21. The molecule has 0 aliphatic carbocycles. The minimum atomic E-state index is -0.729. The van der Waals surface area contributed by atoms with E-state index in [1.54, 1.807) is 0 Å².